The number of para-hydroxylation sites is 1. The van der Waals surface area contributed by atoms with Crippen LogP contribution >= 0.6 is 0 Å². The van der Waals surface area contributed by atoms with Gasteiger partial charge >= 0.3 is 0 Å². The van der Waals surface area contributed by atoms with Crippen molar-refractivity contribution in [3.8, 4) is 39.7 Å². The Labute approximate surface area is 292 Å². The van der Waals surface area contributed by atoms with Crippen LogP contribution in [0.25, 0.3) is 55.6 Å². The van der Waals surface area contributed by atoms with Crippen LogP contribution in [-0.2, 0) is 5.41 Å². The minimum Gasteiger partial charge on any atom is -0.458 e. The van der Waals surface area contributed by atoms with Crippen LogP contribution in [0, 0.1) is 6.20 Å². The number of hydrogen-bond donors (Lipinski definition) is 0. The summed E-state index contributed by atoms with van der Waals surface area (Å²) in [6.07, 6.45) is 7.74. The Bertz CT molecular complexity index is 2620. The standard InChI is InChI=1S/C46H35N3O/c1-46(2,3)32-24-25-47-45(28-32)49-43-21-9-8-19-39(43)40-23-22-34(29-44(40)49)50-33-14-12-13-31(27-33)41-30-48-26-11-10-20-42(48)38-18-7-6-16-36(38)35-15-4-5-17-37(35)41/h4-29H,1-3H3. The number of benzene rings is 5. The number of aromatic nitrogens is 3. The lowest BCUT2D eigenvalue weighted by Crippen LogP contribution is -2.32. The van der Waals surface area contributed by atoms with E-state index in [-0.39, 0.29) is 5.41 Å². The van der Waals surface area contributed by atoms with E-state index in [0.717, 1.165) is 56.1 Å². The van der Waals surface area contributed by atoms with Crippen molar-refractivity contribution < 1.29 is 9.30 Å². The first-order valence-electron chi connectivity index (χ1n) is 17.0. The van der Waals surface area contributed by atoms with Gasteiger partial charge in [0.25, 0.3) is 0 Å². The van der Waals surface area contributed by atoms with Gasteiger partial charge in [0.05, 0.1) is 11.0 Å². The molecule has 0 N–H and O–H groups in total. The summed E-state index contributed by atoms with van der Waals surface area (Å²) in [5, 5.41) is 2.34. The lowest BCUT2D eigenvalue weighted by Gasteiger charge is -2.22. The van der Waals surface area contributed by atoms with Gasteiger partial charge in [-0.3, -0.25) is 9.13 Å². The summed E-state index contributed by atoms with van der Waals surface area (Å²) in [7, 11) is 0. The Kier molecular flexibility index (Phi) is 6.99. The molecule has 0 saturated carbocycles. The van der Waals surface area contributed by atoms with Crippen LogP contribution in [0.1, 0.15) is 37.5 Å². The Morgan fingerprint density at radius 3 is 2.14 bits per heavy atom. The van der Waals surface area contributed by atoms with Crippen molar-refractivity contribution in [3.63, 3.8) is 0 Å². The van der Waals surface area contributed by atoms with E-state index in [2.05, 4.69) is 176 Å². The number of pyridine rings is 2. The zero-order chi connectivity index (χ0) is 33.8. The maximum absolute atomic E-state index is 6.67. The van der Waals surface area contributed by atoms with Crippen molar-refractivity contribution in [1.29, 1.82) is 0 Å². The van der Waals surface area contributed by atoms with Gasteiger partial charge in [-0.2, -0.15) is 0 Å². The average Bonchev–Trinajstić information content (AvgIpc) is 3.47. The van der Waals surface area contributed by atoms with Gasteiger partial charge in [-0.1, -0.05) is 117 Å². The highest BCUT2D eigenvalue weighted by molar-refractivity contribution is 6.09. The minimum absolute atomic E-state index is 0.00354. The van der Waals surface area contributed by atoms with Crippen molar-refractivity contribution in [3.05, 3.63) is 181 Å². The van der Waals surface area contributed by atoms with Crippen LogP contribution in [0.15, 0.2) is 158 Å². The molecule has 240 valence electrons. The quantitative estimate of drug-likeness (QED) is 0.141. The molecule has 0 bridgehead atoms. The summed E-state index contributed by atoms with van der Waals surface area (Å²) in [6.45, 7) is 6.70. The highest BCUT2D eigenvalue weighted by Crippen LogP contribution is 2.40. The first-order valence-corrected chi connectivity index (χ1v) is 17.0. The van der Waals surface area contributed by atoms with E-state index >= 15 is 0 Å². The first-order chi connectivity index (χ1) is 24.4. The molecule has 0 amide bonds. The van der Waals surface area contributed by atoms with Crippen molar-refractivity contribution in [1.82, 2.24) is 9.55 Å². The molecule has 0 saturated heterocycles. The molecular formula is C46H35N3O. The number of hydrogen-bond acceptors (Lipinski definition) is 2. The van der Waals surface area contributed by atoms with Gasteiger partial charge in [0.15, 0.2) is 11.9 Å². The fraction of sp³-hybridized carbons (Fsp3) is 0.0870. The van der Waals surface area contributed by atoms with Gasteiger partial charge in [0, 0.05) is 28.6 Å². The molecule has 0 fully saturated rings. The van der Waals surface area contributed by atoms with Crippen LogP contribution in [-0.4, -0.2) is 9.55 Å². The molecule has 0 unspecified atom stereocenters. The van der Waals surface area contributed by atoms with Crippen LogP contribution in [0.5, 0.6) is 11.5 Å². The Hall–Kier alpha value is -6.26. The fourth-order valence-corrected chi connectivity index (χ4v) is 7.16. The highest BCUT2D eigenvalue weighted by Gasteiger charge is 2.21. The summed E-state index contributed by atoms with van der Waals surface area (Å²) < 4.78 is 11.0. The van der Waals surface area contributed by atoms with Crippen molar-refractivity contribution in [2.75, 3.05) is 0 Å². The Morgan fingerprint density at radius 1 is 0.600 bits per heavy atom. The lowest BCUT2D eigenvalue weighted by atomic mass is 9.87. The molecule has 4 heteroatoms. The lowest BCUT2D eigenvalue weighted by molar-refractivity contribution is -0.607. The third-order valence-electron chi connectivity index (χ3n) is 9.63. The molecule has 8 aromatic rings. The zero-order valence-corrected chi connectivity index (χ0v) is 28.3. The van der Waals surface area contributed by atoms with Crippen LogP contribution < -0.4 is 9.30 Å². The van der Waals surface area contributed by atoms with E-state index in [4.69, 9.17) is 9.72 Å². The molecule has 0 atom stereocenters. The van der Waals surface area contributed by atoms with Crippen molar-refractivity contribution in [2.24, 2.45) is 0 Å². The molecule has 9 rings (SSSR count). The smallest absolute Gasteiger partial charge is 0.179 e. The molecule has 50 heavy (non-hydrogen) atoms. The van der Waals surface area contributed by atoms with E-state index < -0.39 is 0 Å². The second-order valence-electron chi connectivity index (χ2n) is 13.8. The van der Waals surface area contributed by atoms with E-state index in [1.165, 1.54) is 27.6 Å². The zero-order valence-electron chi connectivity index (χ0n) is 28.3. The third kappa shape index (κ3) is 5.08. The van der Waals surface area contributed by atoms with Gasteiger partial charge in [0.1, 0.15) is 23.5 Å². The summed E-state index contributed by atoms with van der Waals surface area (Å²) in [5.41, 5.74) is 11.2. The monoisotopic (exact) mass is 645 g/mol. The molecule has 1 aliphatic heterocycles. The highest BCUT2D eigenvalue weighted by atomic mass is 16.5. The van der Waals surface area contributed by atoms with Crippen LogP contribution in [0.4, 0.5) is 0 Å². The minimum atomic E-state index is 0.00354. The number of fused-ring (bicyclic) bond motifs is 8. The average molecular weight is 646 g/mol. The van der Waals surface area contributed by atoms with Gasteiger partial charge in [0.2, 0.25) is 0 Å². The number of nitrogens with zero attached hydrogens (tertiary/aromatic N) is 3. The molecule has 4 nitrogen and oxygen atoms in total. The molecule has 5 aromatic carbocycles. The maximum Gasteiger partial charge on any atom is 0.179 e. The predicted octanol–water partition coefficient (Wildman–Crippen LogP) is 10.9. The van der Waals surface area contributed by atoms with E-state index in [1.54, 1.807) is 0 Å². The Balaban J connectivity index is 1.16. The Morgan fingerprint density at radius 2 is 1.30 bits per heavy atom. The second-order valence-corrected chi connectivity index (χ2v) is 13.8. The van der Waals surface area contributed by atoms with E-state index in [1.807, 2.05) is 18.3 Å². The summed E-state index contributed by atoms with van der Waals surface area (Å²) in [5.74, 6) is 2.41. The normalized spacial score (nSPS) is 12.4. The van der Waals surface area contributed by atoms with Crippen LogP contribution in [0.2, 0.25) is 0 Å². The first kappa shape index (κ1) is 29.8. The molecule has 3 aromatic heterocycles. The summed E-state index contributed by atoms with van der Waals surface area (Å²) in [4.78, 5) is 4.85. The molecule has 0 radical (unpaired) electrons. The molecule has 0 aliphatic carbocycles. The van der Waals surface area contributed by atoms with Gasteiger partial charge in [-0.25, -0.2) is 4.98 Å². The molecule has 1 aliphatic rings. The summed E-state index contributed by atoms with van der Waals surface area (Å²) >= 11 is 0. The van der Waals surface area contributed by atoms with E-state index in [9.17, 15) is 0 Å². The molecule has 0 spiro atoms. The van der Waals surface area contributed by atoms with Crippen molar-refractivity contribution >= 4 is 27.4 Å². The number of ether oxygens (including phenoxy) is 1. The van der Waals surface area contributed by atoms with Gasteiger partial charge < -0.3 is 4.74 Å². The van der Waals surface area contributed by atoms with Gasteiger partial charge in [-0.05, 0) is 82.3 Å². The topological polar surface area (TPSA) is 30.9 Å². The fourth-order valence-electron chi connectivity index (χ4n) is 7.16. The second kappa shape index (κ2) is 11.7. The largest absolute Gasteiger partial charge is 0.458 e. The maximum atomic E-state index is 6.67. The van der Waals surface area contributed by atoms with Crippen molar-refractivity contribution in [2.45, 2.75) is 26.2 Å². The van der Waals surface area contributed by atoms with Crippen LogP contribution in [0.3, 0.4) is 0 Å². The molecule has 4 heterocycles. The SMILES string of the molecule is CC(C)(C)c1ccnc(-n2c3ccccc3c3ccc(Oc4cccc(C5=[C-][n+]6ccccc6-c6ccccc6-c6ccccc65)c4)cc32)c1. The van der Waals surface area contributed by atoms with E-state index in [0.29, 0.717) is 0 Å². The van der Waals surface area contributed by atoms with Gasteiger partial charge in [-0.15, -0.1) is 0 Å². The number of rotatable bonds is 4. The molecular weight excluding hydrogens is 611 g/mol. The summed E-state index contributed by atoms with van der Waals surface area (Å²) in [6, 6.07) is 51.0. The predicted molar refractivity (Wildman–Crippen MR) is 202 cm³/mol. The third-order valence-corrected chi connectivity index (χ3v) is 9.63.